The quantitative estimate of drug-likeness (QED) is 0.264. The fourth-order valence-corrected chi connectivity index (χ4v) is 5.10. The summed E-state index contributed by atoms with van der Waals surface area (Å²) in [6.07, 6.45) is 0. The van der Waals surface area contributed by atoms with Crippen molar-refractivity contribution in [1.29, 1.82) is 0 Å². The van der Waals surface area contributed by atoms with Crippen LogP contribution >= 0.6 is 35.1 Å². The lowest BCUT2D eigenvalue weighted by Crippen LogP contribution is -2.02. The van der Waals surface area contributed by atoms with Crippen molar-refractivity contribution >= 4 is 46.2 Å². The molecule has 5 rings (SSSR count). The molecule has 160 valence electrons. The Bertz CT molecular complexity index is 1310. The maximum Gasteiger partial charge on any atom is 0.196 e. The fourth-order valence-electron chi connectivity index (χ4n) is 3.33. The average Bonchev–Trinajstić information content (AvgIpc) is 3.41. The van der Waals surface area contributed by atoms with E-state index in [4.69, 9.17) is 11.6 Å². The highest BCUT2D eigenvalue weighted by molar-refractivity contribution is 7.98. The summed E-state index contributed by atoms with van der Waals surface area (Å²) in [5, 5.41) is 10.6. The van der Waals surface area contributed by atoms with Gasteiger partial charge in [-0.1, -0.05) is 53.2 Å². The van der Waals surface area contributed by atoms with Gasteiger partial charge in [0.1, 0.15) is 11.6 Å². The largest absolute Gasteiger partial charge is 0.341 e. The standard InChI is InChI=1S/C24H20ClN5S2/c1-16-6-10-18(11-7-16)30-23(15-31-19-12-8-17(25)9-13-19)28-29-24(30)32-14-22-26-20-4-2-3-5-21(20)27-22/h2-13H,14-15H2,1H3,(H,26,27). The number of rotatable bonds is 7. The Hall–Kier alpha value is -2.74. The van der Waals surface area contributed by atoms with Gasteiger partial charge in [-0.2, -0.15) is 0 Å². The lowest BCUT2D eigenvalue weighted by atomic mass is 10.2. The minimum Gasteiger partial charge on any atom is -0.341 e. The van der Waals surface area contributed by atoms with E-state index in [2.05, 4.69) is 55.9 Å². The average molecular weight is 478 g/mol. The second-order valence-corrected chi connectivity index (χ2v) is 9.73. The van der Waals surface area contributed by atoms with Gasteiger partial charge in [-0.05, 0) is 55.5 Å². The summed E-state index contributed by atoms with van der Waals surface area (Å²) >= 11 is 9.36. The highest BCUT2D eigenvalue weighted by atomic mass is 35.5. The number of nitrogens with zero attached hydrogens (tertiary/aromatic N) is 4. The van der Waals surface area contributed by atoms with Gasteiger partial charge in [-0.15, -0.1) is 22.0 Å². The van der Waals surface area contributed by atoms with Gasteiger partial charge < -0.3 is 4.98 Å². The summed E-state index contributed by atoms with van der Waals surface area (Å²) in [5.41, 5.74) is 4.29. The third-order valence-corrected chi connectivity index (χ3v) is 7.15. The van der Waals surface area contributed by atoms with Gasteiger partial charge in [0.15, 0.2) is 5.16 Å². The van der Waals surface area contributed by atoms with Gasteiger partial charge in [0.2, 0.25) is 0 Å². The first-order valence-electron chi connectivity index (χ1n) is 10.1. The van der Waals surface area contributed by atoms with Crippen LogP contribution in [0.1, 0.15) is 17.2 Å². The van der Waals surface area contributed by atoms with Crippen LogP contribution in [-0.2, 0) is 11.5 Å². The minimum atomic E-state index is 0.684. The molecule has 2 heterocycles. The Morgan fingerprint density at radius 3 is 2.44 bits per heavy atom. The molecule has 0 aliphatic rings. The van der Waals surface area contributed by atoms with E-state index in [0.717, 1.165) is 43.4 Å². The summed E-state index contributed by atoms with van der Waals surface area (Å²) in [6, 6.07) is 24.4. The van der Waals surface area contributed by atoms with Crippen molar-refractivity contribution in [3.05, 3.63) is 95.0 Å². The highest BCUT2D eigenvalue weighted by Gasteiger charge is 2.16. The molecule has 0 unspecified atom stereocenters. The number of hydrogen-bond acceptors (Lipinski definition) is 5. The van der Waals surface area contributed by atoms with E-state index in [1.807, 2.05) is 48.5 Å². The molecule has 1 N–H and O–H groups in total. The fraction of sp³-hybridized carbons (Fsp3) is 0.125. The maximum atomic E-state index is 6.02. The van der Waals surface area contributed by atoms with Crippen LogP contribution in [0, 0.1) is 6.92 Å². The predicted molar refractivity (Wildman–Crippen MR) is 133 cm³/mol. The molecule has 32 heavy (non-hydrogen) atoms. The Morgan fingerprint density at radius 1 is 0.875 bits per heavy atom. The zero-order chi connectivity index (χ0) is 21.9. The number of para-hydroxylation sites is 2. The first-order chi connectivity index (χ1) is 15.7. The number of imidazole rings is 1. The van der Waals surface area contributed by atoms with E-state index in [-0.39, 0.29) is 0 Å². The molecule has 0 aliphatic carbocycles. The van der Waals surface area contributed by atoms with E-state index in [1.165, 1.54) is 5.56 Å². The highest BCUT2D eigenvalue weighted by Crippen LogP contribution is 2.29. The van der Waals surface area contributed by atoms with E-state index < -0.39 is 0 Å². The molecule has 3 aromatic carbocycles. The zero-order valence-electron chi connectivity index (χ0n) is 17.3. The molecule has 0 fully saturated rings. The lowest BCUT2D eigenvalue weighted by molar-refractivity contribution is 0.863. The molecule has 0 spiro atoms. The third-order valence-electron chi connectivity index (χ3n) is 4.95. The number of halogens is 1. The second-order valence-electron chi connectivity index (χ2n) is 7.30. The predicted octanol–water partition coefficient (Wildman–Crippen LogP) is 6.69. The van der Waals surface area contributed by atoms with Crippen molar-refractivity contribution < 1.29 is 0 Å². The van der Waals surface area contributed by atoms with E-state index in [0.29, 0.717) is 11.5 Å². The van der Waals surface area contributed by atoms with Crippen LogP contribution in [0.4, 0.5) is 0 Å². The molecule has 0 aliphatic heterocycles. The third kappa shape index (κ3) is 4.70. The molecule has 0 bridgehead atoms. The zero-order valence-corrected chi connectivity index (χ0v) is 19.7. The van der Waals surface area contributed by atoms with Crippen molar-refractivity contribution in [2.75, 3.05) is 0 Å². The first-order valence-corrected chi connectivity index (χ1v) is 12.5. The molecule has 8 heteroatoms. The van der Waals surface area contributed by atoms with Crippen LogP contribution in [0.25, 0.3) is 16.7 Å². The number of nitrogens with one attached hydrogen (secondary N) is 1. The van der Waals surface area contributed by atoms with Crippen molar-refractivity contribution in [3.8, 4) is 5.69 Å². The molecule has 5 aromatic rings. The molecule has 2 aromatic heterocycles. The van der Waals surface area contributed by atoms with Crippen molar-refractivity contribution in [2.24, 2.45) is 0 Å². The number of aromatic nitrogens is 5. The Morgan fingerprint density at radius 2 is 1.66 bits per heavy atom. The van der Waals surface area contributed by atoms with E-state index in [9.17, 15) is 0 Å². The Kier molecular flexibility index (Phi) is 6.21. The first kappa shape index (κ1) is 21.1. The number of hydrogen-bond donors (Lipinski definition) is 1. The normalized spacial score (nSPS) is 11.3. The Balaban J connectivity index is 1.40. The van der Waals surface area contributed by atoms with Crippen molar-refractivity contribution in [2.45, 2.75) is 28.5 Å². The topological polar surface area (TPSA) is 59.4 Å². The number of fused-ring (bicyclic) bond motifs is 1. The van der Waals surface area contributed by atoms with Crippen LogP contribution in [0.5, 0.6) is 0 Å². The van der Waals surface area contributed by atoms with E-state index in [1.54, 1.807) is 23.5 Å². The van der Waals surface area contributed by atoms with Gasteiger partial charge in [-0.25, -0.2) is 4.98 Å². The van der Waals surface area contributed by atoms with Crippen molar-refractivity contribution in [1.82, 2.24) is 24.7 Å². The summed E-state index contributed by atoms with van der Waals surface area (Å²) in [6.45, 7) is 2.09. The SMILES string of the molecule is Cc1ccc(-n2c(CSc3ccc(Cl)cc3)nnc2SCc2nc3ccccc3[nH]2)cc1. The molecule has 0 saturated carbocycles. The molecule has 0 radical (unpaired) electrons. The minimum absolute atomic E-state index is 0.684. The molecular formula is C24H20ClN5S2. The number of aromatic amines is 1. The molecule has 0 amide bonds. The summed E-state index contributed by atoms with van der Waals surface area (Å²) < 4.78 is 2.13. The van der Waals surface area contributed by atoms with E-state index >= 15 is 0 Å². The summed E-state index contributed by atoms with van der Waals surface area (Å²) in [7, 11) is 0. The van der Waals surface area contributed by atoms with Gasteiger partial charge in [0.25, 0.3) is 0 Å². The van der Waals surface area contributed by atoms with Gasteiger partial charge in [-0.3, -0.25) is 4.57 Å². The van der Waals surface area contributed by atoms with Gasteiger partial charge >= 0.3 is 0 Å². The maximum absolute atomic E-state index is 6.02. The van der Waals surface area contributed by atoms with Crippen LogP contribution in [-0.4, -0.2) is 24.7 Å². The Labute approximate surface area is 199 Å². The monoisotopic (exact) mass is 477 g/mol. The molecule has 5 nitrogen and oxygen atoms in total. The molecular weight excluding hydrogens is 458 g/mol. The second kappa shape index (κ2) is 9.40. The summed E-state index contributed by atoms with van der Waals surface area (Å²) in [5.74, 6) is 3.21. The van der Waals surface area contributed by atoms with Crippen LogP contribution in [0.15, 0.2) is 82.8 Å². The van der Waals surface area contributed by atoms with Gasteiger partial charge in [0, 0.05) is 15.6 Å². The van der Waals surface area contributed by atoms with Crippen LogP contribution < -0.4 is 0 Å². The lowest BCUT2D eigenvalue weighted by Gasteiger charge is -2.10. The molecule has 0 atom stereocenters. The smallest absolute Gasteiger partial charge is 0.196 e. The van der Waals surface area contributed by atoms with Crippen molar-refractivity contribution in [3.63, 3.8) is 0 Å². The summed E-state index contributed by atoms with van der Waals surface area (Å²) in [4.78, 5) is 9.21. The van der Waals surface area contributed by atoms with Crippen LogP contribution in [0.3, 0.4) is 0 Å². The number of H-pyrrole nitrogens is 1. The number of benzene rings is 3. The molecule has 0 saturated heterocycles. The number of aryl methyl sites for hydroxylation is 1. The number of thioether (sulfide) groups is 2. The van der Waals surface area contributed by atoms with Gasteiger partial charge in [0.05, 0.1) is 22.5 Å². The van der Waals surface area contributed by atoms with Crippen LogP contribution in [0.2, 0.25) is 5.02 Å².